The number of nitrogens with zero attached hydrogens (tertiary/aromatic N) is 1. The molecule has 2 heterocycles. The first kappa shape index (κ1) is 9.93. The quantitative estimate of drug-likeness (QED) is 0.651. The zero-order chi connectivity index (χ0) is 10.1. The third-order valence-corrected chi connectivity index (χ3v) is 3.10. The van der Waals surface area contributed by atoms with Gasteiger partial charge >= 0.3 is 0 Å². The smallest absolute Gasteiger partial charge is 0.251 e. The summed E-state index contributed by atoms with van der Waals surface area (Å²) in [7, 11) is 0. The molecule has 2 saturated heterocycles. The van der Waals surface area contributed by atoms with E-state index in [1.54, 1.807) is 0 Å². The minimum atomic E-state index is -0.192. The van der Waals surface area contributed by atoms with E-state index in [1.165, 1.54) is 0 Å². The molecule has 2 N–H and O–H groups in total. The molecule has 2 fully saturated rings. The number of amides is 1. The van der Waals surface area contributed by atoms with Gasteiger partial charge in [0.25, 0.3) is 5.91 Å². The Balaban J connectivity index is 1.96. The largest absolute Gasteiger partial charge is 0.368 e. The lowest BCUT2D eigenvalue weighted by atomic mass is 10.2. The van der Waals surface area contributed by atoms with Gasteiger partial charge in [0.1, 0.15) is 6.10 Å². The number of nitrogens with two attached hydrogens (primary N) is 1. The van der Waals surface area contributed by atoms with Crippen LogP contribution in [0, 0.1) is 0 Å². The lowest BCUT2D eigenvalue weighted by molar-refractivity contribution is -0.141. The Morgan fingerprint density at radius 3 is 2.86 bits per heavy atom. The molecular formula is C10H18N2O2. The van der Waals surface area contributed by atoms with Crippen LogP contribution in [-0.2, 0) is 9.53 Å². The molecule has 4 nitrogen and oxygen atoms in total. The Morgan fingerprint density at radius 2 is 2.36 bits per heavy atom. The minimum absolute atomic E-state index is 0.142. The van der Waals surface area contributed by atoms with Crippen LogP contribution in [0.4, 0.5) is 0 Å². The summed E-state index contributed by atoms with van der Waals surface area (Å²) in [5.74, 6) is 0.142. The van der Waals surface area contributed by atoms with Crippen LogP contribution in [0.5, 0.6) is 0 Å². The minimum Gasteiger partial charge on any atom is -0.368 e. The Hall–Kier alpha value is -0.610. The Bertz CT molecular complexity index is 226. The number of carbonyl (C=O) groups excluding carboxylic acids is 1. The molecule has 3 atom stereocenters. The highest BCUT2D eigenvalue weighted by molar-refractivity contribution is 5.81. The Kier molecular flexibility index (Phi) is 2.74. The van der Waals surface area contributed by atoms with Crippen LogP contribution < -0.4 is 5.73 Å². The Labute approximate surface area is 84.4 Å². The molecule has 0 aromatic heterocycles. The van der Waals surface area contributed by atoms with Crippen molar-refractivity contribution in [2.45, 2.75) is 44.4 Å². The van der Waals surface area contributed by atoms with Crippen molar-refractivity contribution in [3.8, 4) is 0 Å². The molecule has 14 heavy (non-hydrogen) atoms. The summed E-state index contributed by atoms with van der Waals surface area (Å²) in [5.41, 5.74) is 5.82. The van der Waals surface area contributed by atoms with Crippen molar-refractivity contribution >= 4 is 5.91 Å². The fourth-order valence-electron chi connectivity index (χ4n) is 2.34. The van der Waals surface area contributed by atoms with Crippen LogP contribution >= 0.6 is 0 Å². The average Bonchev–Trinajstić information content (AvgIpc) is 2.73. The highest BCUT2D eigenvalue weighted by Gasteiger charge is 2.35. The molecule has 2 rings (SSSR count). The van der Waals surface area contributed by atoms with Crippen molar-refractivity contribution in [3.63, 3.8) is 0 Å². The summed E-state index contributed by atoms with van der Waals surface area (Å²) in [6.07, 6.45) is 2.60. The molecule has 3 unspecified atom stereocenters. The van der Waals surface area contributed by atoms with Gasteiger partial charge < -0.3 is 15.4 Å². The van der Waals surface area contributed by atoms with E-state index >= 15 is 0 Å². The molecule has 0 aromatic carbocycles. The van der Waals surface area contributed by atoms with Gasteiger partial charge in [-0.15, -0.1) is 0 Å². The third kappa shape index (κ3) is 1.77. The average molecular weight is 198 g/mol. The highest BCUT2D eigenvalue weighted by atomic mass is 16.5. The van der Waals surface area contributed by atoms with Crippen molar-refractivity contribution in [1.82, 2.24) is 4.90 Å². The molecule has 80 valence electrons. The van der Waals surface area contributed by atoms with Gasteiger partial charge in [-0.3, -0.25) is 4.79 Å². The van der Waals surface area contributed by atoms with Crippen molar-refractivity contribution in [1.29, 1.82) is 0 Å². The van der Waals surface area contributed by atoms with Gasteiger partial charge in [0.05, 0.1) is 0 Å². The van der Waals surface area contributed by atoms with Crippen LogP contribution in [-0.4, -0.2) is 42.1 Å². The lowest BCUT2D eigenvalue weighted by Crippen LogP contribution is -2.41. The topological polar surface area (TPSA) is 55.6 Å². The van der Waals surface area contributed by atoms with Crippen molar-refractivity contribution in [2.75, 3.05) is 13.2 Å². The fraction of sp³-hybridized carbons (Fsp3) is 0.900. The van der Waals surface area contributed by atoms with Crippen LogP contribution in [0.1, 0.15) is 26.2 Å². The van der Waals surface area contributed by atoms with Gasteiger partial charge in [0.15, 0.2) is 0 Å². The van der Waals surface area contributed by atoms with Gasteiger partial charge in [-0.25, -0.2) is 0 Å². The molecule has 2 aliphatic rings. The van der Waals surface area contributed by atoms with E-state index in [-0.39, 0.29) is 24.1 Å². The van der Waals surface area contributed by atoms with Crippen molar-refractivity contribution in [3.05, 3.63) is 0 Å². The second kappa shape index (κ2) is 3.87. The molecule has 0 bridgehead atoms. The Morgan fingerprint density at radius 1 is 1.57 bits per heavy atom. The SMILES string of the molecule is CC1CC(N)CN1C(=O)C1CCCO1. The number of hydrogen-bond acceptors (Lipinski definition) is 3. The molecule has 0 aliphatic carbocycles. The first-order valence-corrected chi connectivity index (χ1v) is 5.36. The normalized spacial score (nSPS) is 37.9. The van der Waals surface area contributed by atoms with E-state index in [0.717, 1.165) is 25.9 Å². The van der Waals surface area contributed by atoms with E-state index in [0.29, 0.717) is 6.54 Å². The molecule has 0 spiro atoms. The monoisotopic (exact) mass is 198 g/mol. The summed E-state index contributed by atoms with van der Waals surface area (Å²) < 4.78 is 5.38. The van der Waals surface area contributed by atoms with Gasteiger partial charge in [-0.2, -0.15) is 0 Å². The van der Waals surface area contributed by atoms with E-state index < -0.39 is 0 Å². The predicted molar refractivity (Wildman–Crippen MR) is 52.7 cm³/mol. The predicted octanol–water partition coefficient (Wildman–Crippen LogP) is 0.113. The molecule has 0 saturated carbocycles. The summed E-state index contributed by atoms with van der Waals surface area (Å²) >= 11 is 0. The second-order valence-electron chi connectivity index (χ2n) is 4.34. The van der Waals surface area contributed by atoms with Crippen LogP contribution in [0.25, 0.3) is 0 Å². The molecule has 4 heteroatoms. The maximum Gasteiger partial charge on any atom is 0.251 e. The second-order valence-corrected chi connectivity index (χ2v) is 4.34. The van der Waals surface area contributed by atoms with Gasteiger partial charge in [0.2, 0.25) is 0 Å². The standard InChI is InChI=1S/C10H18N2O2/c1-7-5-8(11)6-12(7)10(13)9-3-2-4-14-9/h7-9H,2-6,11H2,1H3. The van der Waals surface area contributed by atoms with Gasteiger partial charge in [-0.05, 0) is 26.2 Å². The van der Waals surface area contributed by atoms with Gasteiger partial charge in [0, 0.05) is 25.2 Å². The first-order valence-electron chi connectivity index (χ1n) is 5.36. The van der Waals surface area contributed by atoms with Crippen LogP contribution in [0.15, 0.2) is 0 Å². The summed E-state index contributed by atoms with van der Waals surface area (Å²) in [6, 6.07) is 0.428. The number of ether oxygens (including phenoxy) is 1. The number of hydrogen-bond donors (Lipinski definition) is 1. The number of rotatable bonds is 1. The first-order chi connectivity index (χ1) is 6.68. The van der Waals surface area contributed by atoms with E-state index in [1.807, 2.05) is 4.90 Å². The molecule has 0 aromatic rings. The summed E-state index contributed by atoms with van der Waals surface area (Å²) in [6.45, 7) is 3.48. The molecular weight excluding hydrogens is 180 g/mol. The zero-order valence-corrected chi connectivity index (χ0v) is 8.61. The highest BCUT2D eigenvalue weighted by Crippen LogP contribution is 2.21. The summed E-state index contributed by atoms with van der Waals surface area (Å²) in [5, 5.41) is 0. The van der Waals surface area contributed by atoms with Crippen LogP contribution in [0.3, 0.4) is 0 Å². The van der Waals surface area contributed by atoms with E-state index in [9.17, 15) is 4.79 Å². The maximum atomic E-state index is 11.9. The van der Waals surface area contributed by atoms with Gasteiger partial charge in [-0.1, -0.05) is 0 Å². The fourth-order valence-corrected chi connectivity index (χ4v) is 2.34. The van der Waals surface area contributed by atoms with Crippen LogP contribution in [0.2, 0.25) is 0 Å². The zero-order valence-electron chi connectivity index (χ0n) is 8.61. The summed E-state index contributed by atoms with van der Waals surface area (Å²) in [4.78, 5) is 13.8. The number of carbonyl (C=O) groups is 1. The number of likely N-dealkylation sites (tertiary alicyclic amines) is 1. The van der Waals surface area contributed by atoms with E-state index in [4.69, 9.17) is 10.5 Å². The lowest BCUT2D eigenvalue weighted by Gasteiger charge is -2.24. The third-order valence-electron chi connectivity index (χ3n) is 3.10. The van der Waals surface area contributed by atoms with Crippen molar-refractivity contribution < 1.29 is 9.53 Å². The molecule has 0 radical (unpaired) electrons. The maximum absolute atomic E-state index is 11.9. The van der Waals surface area contributed by atoms with E-state index in [2.05, 4.69) is 6.92 Å². The van der Waals surface area contributed by atoms with Crippen molar-refractivity contribution in [2.24, 2.45) is 5.73 Å². The molecule has 1 amide bonds. The molecule has 2 aliphatic heterocycles.